The van der Waals surface area contributed by atoms with E-state index in [1.807, 2.05) is 38.1 Å². The van der Waals surface area contributed by atoms with E-state index in [0.717, 1.165) is 17.7 Å². The smallest absolute Gasteiger partial charge is 0.261 e. The van der Waals surface area contributed by atoms with E-state index in [4.69, 9.17) is 0 Å². The molecule has 0 spiro atoms. The number of benzene rings is 1. The number of Topliss-reactive ketones (excluding diaryl/α,β-unsaturated/α-hetero) is 1. The number of ketones is 1. The van der Waals surface area contributed by atoms with Gasteiger partial charge in [0.15, 0.2) is 5.78 Å². The first-order valence-corrected chi connectivity index (χ1v) is 10.2. The van der Waals surface area contributed by atoms with Gasteiger partial charge in [-0.2, -0.15) is 0 Å². The minimum Gasteiger partial charge on any atom is -0.348 e. The van der Waals surface area contributed by atoms with Gasteiger partial charge < -0.3 is 15.2 Å². The quantitative estimate of drug-likeness (QED) is 0.814. The van der Waals surface area contributed by atoms with E-state index in [9.17, 15) is 19.2 Å². The zero-order chi connectivity index (χ0) is 21.5. The summed E-state index contributed by atoms with van der Waals surface area (Å²) >= 11 is 0. The van der Waals surface area contributed by atoms with Gasteiger partial charge in [-0.05, 0) is 42.0 Å². The minimum atomic E-state index is -0.528. The van der Waals surface area contributed by atoms with Crippen LogP contribution in [-0.4, -0.2) is 29.1 Å². The molecule has 0 unspecified atom stereocenters. The molecule has 0 radical (unpaired) electrons. The number of fused-ring (bicyclic) bond motifs is 1. The van der Waals surface area contributed by atoms with E-state index in [0.29, 0.717) is 37.1 Å². The second-order valence-electron chi connectivity index (χ2n) is 8.85. The number of carbonyl (C=O) groups is 3. The van der Waals surface area contributed by atoms with Gasteiger partial charge >= 0.3 is 0 Å². The first-order valence-electron chi connectivity index (χ1n) is 10.2. The van der Waals surface area contributed by atoms with Crippen molar-refractivity contribution in [3.63, 3.8) is 0 Å². The molecule has 0 atom stereocenters. The molecule has 4 rings (SSSR count). The Hall–Kier alpha value is -3.22. The van der Waals surface area contributed by atoms with Gasteiger partial charge in [0.2, 0.25) is 5.91 Å². The van der Waals surface area contributed by atoms with E-state index < -0.39 is 11.5 Å². The second kappa shape index (κ2) is 7.55. The summed E-state index contributed by atoms with van der Waals surface area (Å²) in [6.45, 7) is 4.88. The van der Waals surface area contributed by atoms with Crippen molar-refractivity contribution in [1.82, 2.24) is 10.3 Å². The van der Waals surface area contributed by atoms with Crippen LogP contribution in [0.1, 0.15) is 65.1 Å². The number of nitrogens with one attached hydrogen (secondary N) is 2. The topological polar surface area (TPSA) is 99.3 Å². The van der Waals surface area contributed by atoms with Crippen molar-refractivity contribution < 1.29 is 14.4 Å². The van der Waals surface area contributed by atoms with Crippen LogP contribution in [0.4, 0.5) is 5.69 Å². The molecule has 2 aliphatic rings. The number of aromatic nitrogens is 1. The number of amides is 2. The van der Waals surface area contributed by atoms with Gasteiger partial charge in [-0.3, -0.25) is 19.2 Å². The molecular formula is C23H25N3O4. The van der Waals surface area contributed by atoms with Crippen molar-refractivity contribution in [1.29, 1.82) is 0 Å². The molecule has 7 heteroatoms. The maximum Gasteiger partial charge on any atom is 0.261 e. The van der Waals surface area contributed by atoms with Crippen molar-refractivity contribution in [3.8, 4) is 0 Å². The van der Waals surface area contributed by atoms with Crippen molar-refractivity contribution in [2.75, 3.05) is 11.4 Å². The van der Waals surface area contributed by atoms with Crippen LogP contribution >= 0.6 is 0 Å². The van der Waals surface area contributed by atoms with Gasteiger partial charge in [0.1, 0.15) is 5.56 Å². The van der Waals surface area contributed by atoms with Crippen LogP contribution in [0.2, 0.25) is 0 Å². The van der Waals surface area contributed by atoms with Gasteiger partial charge in [-0.15, -0.1) is 0 Å². The van der Waals surface area contributed by atoms with Crippen molar-refractivity contribution in [2.24, 2.45) is 5.41 Å². The van der Waals surface area contributed by atoms with Gasteiger partial charge in [0.25, 0.3) is 11.5 Å². The highest BCUT2D eigenvalue weighted by Gasteiger charge is 2.32. The predicted molar refractivity (Wildman–Crippen MR) is 113 cm³/mol. The van der Waals surface area contributed by atoms with Gasteiger partial charge in [-0.25, -0.2) is 0 Å². The number of pyridine rings is 1. The molecule has 1 aromatic carbocycles. The molecule has 1 aliphatic heterocycles. The molecule has 1 saturated heterocycles. The number of rotatable bonds is 4. The summed E-state index contributed by atoms with van der Waals surface area (Å²) < 4.78 is 0. The lowest BCUT2D eigenvalue weighted by Crippen LogP contribution is -2.34. The molecule has 7 nitrogen and oxygen atoms in total. The standard InChI is InChI=1S/C23H25N3O4/c1-23(2)11-18-16(19(27)12-23)10-17(22(30)25-18)21(29)24-13-14-5-3-6-15(9-14)26-8-4-7-20(26)28/h3,5-6,9-10H,4,7-8,11-13H2,1-2H3,(H,24,29)(H,25,30). The van der Waals surface area contributed by atoms with E-state index >= 15 is 0 Å². The van der Waals surface area contributed by atoms with Crippen LogP contribution in [0.25, 0.3) is 0 Å². The van der Waals surface area contributed by atoms with Crippen molar-refractivity contribution in [3.05, 3.63) is 63.1 Å². The molecule has 156 valence electrons. The largest absolute Gasteiger partial charge is 0.348 e. The molecule has 2 N–H and O–H groups in total. The number of H-pyrrole nitrogens is 1. The fourth-order valence-corrected chi connectivity index (χ4v) is 4.23. The Balaban J connectivity index is 1.50. The Labute approximate surface area is 174 Å². The summed E-state index contributed by atoms with van der Waals surface area (Å²) in [7, 11) is 0. The first-order chi connectivity index (χ1) is 14.2. The van der Waals surface area contributed by atoms with Crippen LogP contribution in [0.5, 0.6) is 0 Å². The van der Waals surface area contributed by atoms with Crippen LogP contribution in [0.15, 0.2) is 35.1 Å². The summed E-state index contributed by atoms with van der Waals surface area (Å²) in [5, 5.41) is 2.75. The molecule has 2 amide bonds. The van der Waals surface area contributed by atoms with Crippen molar-refractivity contribution in [2.45, 2.75) is 46.1 Å². The fraction of sp³-hybridized carbons (Fsp3) is 0.391. The first kappa shape index (κ1) is 20.1. The lowest BCUT2D eigenvalue weighted by molar-refractivity contribution is -0.117. The van der Waals surface area contributed by atoms with E-state index in [1.165, 1.54) is 6.07 Å². The Bertz CT molecular complexity index is 1100. The molecule has 30 heavy (non-hydrogen) atoms. The number of hydrogen-bond donors (Lipinski definition) is 2. The number of anilines is 1. The summed E-state index contributed by atoms with van der Waals surface area (Å²) in [5.74, 6) is -0.488. The normalized spacial score (nSPS) is 17.7. The van der Waals surface area contributed by atoms with E-state index in [2.05, 4.69) is 10.3 Å². The SMILES string of the molecule is CC1(C)CC(=O)c2cc(C(=O)NCc3cccc(N4CCCC4=O)c3)c(=O)[nH]c2C1. The predicted octanol–water partition coefficient (Wildman–Crippen LogP) is 2.59. The lowest BCUT2D eigenvalue weighted by atomic mass is 9.75. The highest BCUT2D eigenvalue weighted by atomic mass is 16.2. The molecule has 0 bridgehead atoms. The fourth-order valence-electron chi connectivity index (χ4n) is 4.23. The number of aromatic amines is 1. The van der Waals surface area contributed by atoms with Crippen LogP contribution in [-0.2, 0) is 17.8 Å². The lowest BCUT2D eigenvalue weighted by Gasteiger charge is -2.29. The van der Waals surface area contributed by atoms with Gasteiger partial charge in [0, 0.05) is 42.9 Å². The highest BCUT2D eigenvalue weighted by molar-refractivity contribution is 6.02. The van der Waals surface area contributed by atoms with Gasteiger partial charge in [-0.1, -0.05) is 26.0 Å². The van der Waals surface area contributed by atoms with Crippen LogP contribution < -0.4 is 15.8 Å². The Morgan fingerprint density at radius 2 is 1.97 bits per heavy atom. The maximum absolute atomic E-state index is 12.6. The molecule has 0 saturated carbocycles. The highest BCUT2D eigenvalue weighted by Crippen LogP contribution is 2.33. The summed E-state index contributed by atoms with van der Waals surface area (Å²) in [6.07, 6.45) is 2.37. The molecule has 1 aromatic heterocycles. The summed E-state index contributed by atoms with van der Waals surface area (Å²) in [5.41, 5.74) is 1.89. The van der Waals surface area contributed by atoms with Crippen LogP contribution in [0.3, 0.4) is 0 Å². The maximum atomic E-state index is 12.6. The van der Waals surface area contributed by atoms with E-state index in [-0.39, 0.29) is 29.2 Å². The summed E-state index contributed by atoms with van der Waals surface area (Å²) in [4.78, 5) is 54.0. The zero-order valence-electron chi connectivity index (χ0n) is 17.2. The van der Waals surface area contributed by atoms with E-state index in [1.54, 1.807) is 4.90 Å². The number of hydrogen-bond acceptors (Lipinski definition) is 4. The third kappa shape index (κ3) is 3.92. The average molecular weight is 407 g/mol. The molecule has 2 heterocycles. The van der Waals surface area contributed by atoms with Crippen LogP contribution in [0, 0.1) is 5.41 Å². The van der Waals surface area contributed by atoms with Crippen molar-refractivity contribution >= 4 is 23.3 Å². The Morgan fingerprint density at radius 1 is 1.17 bits per heavy atom. The zero-order valence-corrected chi connectivity index (χ0v) is 17.2. The third-order valence-corrected chi connectivity index (χ3v) is 5.71. The molecule has 1 fully saturated rings. The van der Waals surface area contributed by atoms with Gasteiger partial charge in [0.05, 0.1) is 0 Å². The molecule has 2 aromatic rings. The number of nitrogens with zero attached hydrogens (tertiary/aromatic N) is 1. The Kier molecular flexibility index (Phi) is 5.05. The second-order valence-corrected chi connectivity index (χ2v) is 8.85. The minimum absolute atomic E-state index is 0.0606. The molecular weight excluding hydrogens is 382 g/mol. The third-order valence-electron chi connectivity index (χ3n) is 5.71. The Morgan fingerprint density at radius 3 is 2.70 bits per heavy atom. The number of carbonyl (C=O) groups excluding carboxylic acids is 3. The molecule has 1 aliphatic carbocycles. The summed E-state index contributed by atoms with van der Waals surface area (Å²) in [6, 6.07) is 8.85. The average Bonchev–Trinajstić information content (AvgIpc) is 3.11. The monoisotopic (exact) mass is 407 g/mol.